The first-order chi connectivity index (χ1) is 14.2. The quantitative estimate of drug-likeness (QED) is 0.373. The molecular weight excluding hydrogens is 403 g/mol. The smallest absolute Gasteiger partial charge is 0.124 e. The van der Waals surface area contributed by atoms with E-state index in [9.17, 15) is 0 Å². The standard InChI is InChI=1S/C24H20Cl2N2O/c25-22-8-3-9-23(26)21(22)16-29-24-11-10-18-6-1-2-7-19(18)20(24)15-28-14-17-5-4-12-27-13-17/h1-13,28H,14-16H2. The van der Waals surface area contributed by atoms with Gasteiger partial charge < -0.3 is 10.1 Å². The van der Waals surface area contributed by atoms with E-state index in [-0.39, 0.29) is 0 Å². The lowest BCUT2D eigenvalue weighted by molar-refractivity contribution is 0.303. The van der Waals surface area contributed by atoms with E-state index in [0.717, 1.165) is 34.4 Å². The van der Waals surface area contributed by atoms with Gasteiger partial charge in [0.25, 0.3) is 0 Å². The van der Waals surface area contributed by atoms with Crippen LogP contribution in [0.1, 0.15) is 16.7 Å². The summed E-state index contributed by atoms with van der Waals surface area (Å²) < 4.78 is 6.17. The molecule has 0 saturated carbocycles. The van der Waals surface area contributed by atoms with Crippen LogP contribution < -0.4 is 10.1 Å². The molecule has 3 nitrogen and oxygen atoms in total. The number of nitrogens with zero attached hydrogens (tertiary/aromatic N) is 1. The molecule has 5 heteroatoms. The summed E-state index contributed by atoms with van der Waals surface area (Å²) in [6.45, 7) is 1.71. The van der Waals surface area contributed by atoms with Gasteiger partial charge in [-0.15, -0.1) is 0 Å². The number of pyridine rings is 1. The van der Waals surface area contributed by atoms with E-state index in [1.54, 1.807) is 6.20 Å². The zero-order valence-corrected chi connectivity index (χ0v) is 17.3. The van der Waals surface area contributed by atoms with E-state index in [4.69, 9.17) is 27.9 Å². The molecule has 0 spiro atoms. The minimum absolute atomic E-state index is 0.312. The Balaban J connectivity index is 1.58. The number of hydrogen-bond acceptors (Lipinski definition) is 3. The van der Waals surface area contributed by atoms with E-state index in [0.29, 0.717) is 23.2 Å². The second-order valence-electron chi connectivity index (χ2n) is 6.72. The molecular formula is C24H20Cl2N2O. The van der Waals surface area contributed by atoms with Crippen LogP contribution in [0.4, 0.5) is 0 Å². The van der Waals surface area contributed by atoms with Crippen molar-refractivity contribution in [1.82, 2.24) is 10.3 Å². The summed E-state index contributed by atoms with van der Waals surface area (Å²) in [6, 6.07) is 21.9. The van der Waals surface area contributed by atoms with Crippen molar-refractivity contribution < 1.29 is 4.74 Å². The molecule has 0 fully saturated rings. The fourth-order valence-corrected chi connectivity index (χ4v) is 3.79. The van der Waals surface area contributed by atoms with Crippen LogP contribution in [0.3, 0.4) is 0 Å². The number of nitrogens with one attached hydrogen (secondary N) is 1. The van der Waals surface area contributed by atoms with Crippen molar-refractivity contribution in [2.24, 2.45) is 0 Å². The highest BCUT2D eigenvalue weighted by atomic mass is 35.5. The van der Waals surface area contributed by atoms with Crippen LogP contribution in [-0.4, -0.2) is 4.98 Å². The van der Waals surface area contributed by atoms with E-state index >= 15 is 0 Å². The van der Waals surface area contributed by atoms with Crippen LogP contribution in [-0.2, 0) is 19.7 Å². The molecule has 3 aromatic carbocycles. The predicted octanol–water partition coefficient (Wildman–Crippen LogP) is 6.41. The third-order valence-corrected chi connectivity index (χ3v) is 5.49. The topological polar surface area (TPSA) is 34.1 Å². The molecule has 0 aliphatic carbocycles. The van der Waals surface area contributed by atoms with Gasteiger partial charge in [-0.05, 0) is 40.6 Å². The van der Waals surface area contributed by atoms with Gasteiger partial charge in [-0.25, -0.2) is 0 Å². The van der Waals surface area contributed by atoms with Crippen molar-refractivity contribution in [1.29, 1.82) is 0 Å². The van der Waals surface area contributed by atoms with Crippen molar-refractivity contribution in [2.45, 2.75) is 19.7 Å². The third kappa shape index (κ3) is 4.70. The summed E-state index contributed by atoms with van der Waals surface area (Å²) >= 11 is 12.6. The van der Waals surface area contributed by atoms with Crippen molar-refractivity contribution >= 4 is 34.0 Å². The molecule has 0 radical (unpaired) electrons. The van der Waals surface area contributed by atoms with Crippen LogP contribution >= 0.6 is 23.2 Å². The van der Waals surface area contributed by atoms with E-state index < -0.39 is 0 Å². The highest BCUT2D eigenvalue weighted by Crippen LogP contribution is 2.31. The number of rotatable bonds is 7. The molecule has 1 aromatic heterocycles. The summed E-state index contributed by atoms with van der Waals surface area (Å²) in [5.74, 6) is 0.818. The lowest BCUT2D eigenvalue weighted by Crippen LogP contribution is -2.14. The molecule has 0 atom stereocenters. The number of ether oxygens (including phenoxy) is 1. The van der Waals surface area contributed by atoms with E-state index in [1.807, 2.05) is 48.7 Å². The van der Waals surface area contributed by atoms with Crippen LogP contribution in [0, 0.1) is 0 Å². The highest BCUT2D eigenvalue weighted by Gasteiger charge is 2.12. The average molecular weight is 423 g/mol. The fourth-order valence-electron chi connectivity index (χ4n) is 3.29. The largest absolute Gasteiger partial charge is 0.488 e. The lowest BCUT2D eigenvalue weighted by atomic mass is 10.0. The average Bonchev–Trinajstić information content (AvgIpc) is 2.75. The Kier molecular flexibility index (Phi) is 6.30. The van der Waals surface area contributed by atoms with Crippen molar-refractivity contribution in [3.8, 4) is 5.75 Å². The molecule has 29 heavy (non-hydrogen) atoms. The monoisotopic (exact) mass is 422 g/mol. The molecule has 0 aliphatic heterocycles. The Morgan fingerprint density at radius 1 is 0.793 bits per heavy atom. The Bertz CT molecular complexity index is 1100. The van der Waals surface area contributed by atoms with Gasteiger partial charge in [0.15, 0.2) is 0 Å². The second-order valence-corrected chi connectivity index (χ2v) is 7.53. The Hall–Kier alpha value is -2.59. The molecule has 4 rings (SSSR count). The predicted molar refractivity (Wildman–Crippen MR) is 120 cm³/mol. The normalized spacial score (nSPS) is 11.0. The molecule has 146 valence electrons. The number of aromatic nitrogens is 1. The van der Waals surface area contributed by atoms with E-state index in [2.05, 4.69) is 34.6 Å². The summed E-state index contributed by atoms with van der Waals surface area (Å²) in [5, 5.41) is 7.05. The van der Waals surface area contributed by atoms with Crippen LogP contribution in [0.5, 0.6) is 5.75 Å². The van der Waals surface area contributed by atoms with Gasteiger partial charge in [0.1, 0.15) is 12.4 Å². The first-order valence-corrected chi connectivity index (χ1v) is 10.1. The Morgan fingerprint density at radius 3 is 2.41 bits per heavy atom. The Morgan fingerprint density at radius 2 is 1.62 bits per heavy atom. The molecule has 1 N–H and O–H groups in total. The SMILES string of the molecule is Clc1cccc(Cl)c1COc1ccc2ccccc2c1CNCc1cccnc1. The molecule has 0 amide bonds. The third-order valence-electron chi connectivity index (χ3n) is 4.78. The number of hydrogen-bond donors (Lipinski definition) is 1. The van der Waals surface area contributed by atoms with Crippen molar-refractivity contribution in [2.75, 3.05) is 0 Å². The Labute approximate surface area is 180 Å². The number of benzene rings is 3. The molecule has 0 unspecified atom stereocenters. The van der Waals surface area contributed by atoms with Gasteiger partial charge in [-0.1, -0.05) is 65.7 Å². The van der Waals surface area contributed by atoms with Crippen LogP contribution in [0.25, 0.3) is 10.8 Å². The van der Waals surface area contributed by atoms with Gasteiger partial charge in [-0.3, -0.25) is 4.98 Å². The number of halogens is 2. The maximum absolute atomic E-state index is 6.30. The van der Waals surface area contributed by atoms with Gasteiger partial charge in [-0.2, -0.15) is 0 Å². The highest BCUT2D eigenvalue weighted by molar-refractivity contribution is 6.35. The summed E-state index contributed by atoms with van der Waals surface area (Å²) in [6.07, 6.45) is 3.65. The van der Waals surface area contributed by atoms with Gasteiger partial charge in [0.2, 0.25) is 0 Å². The molecule has 4 aromatic rings. The van der Waals surface area contributed by atoms with E-state index in [1.165, 1.54) is 5.39 Å². The summed E-state index contributed by atoms with van der Waals surface area (Å²) in [4.78, 5) is 4.17. The van der Waals surface area contributed by atoms with Gasteiger partial charge in [0.05, 0.1) is 0 Å². The molecule has 0 bridgehead atoms. The van der Waals surface area contributed by atoms with Crippen molar-refractivity contribution in [3.63, 3.8) is 0 Å². The molecule has 0 saturated heterocycles. The maximum Gasteiger partial charge on any atom is 0.124 e. The first kappa shape index (κ1) is 19.7. The van der Waals surface area contributed by atoms with Crippen LogP contribution in [0.2, 0.25) is 10.0 Å². The zero-order chi connectivity index (χ0) is 20.1. The molecule has 1 heterocycles. The first-order valence-electron chi connectivity index (χ1n) is 9.38. The zero-order valence-electron chi connectivity index (χ0n) is 15.7. The summed E-state index contributed by atoms with van der Waals surface area (Å²) in [5.41, 5.74) is 3.03. The summed E-state index contributed by atoms with van der Waals surface area (Å²) in [7, 11) is 0. The fraction of sp³-hybridized carbons (Fsp3) is 0.125. The minimum atomic E-state index is 0.312. The van der Waals surface area contributed by atoms with Crippen LogP contribution in [0.15, 0.2) is 79.1 Å². The van der Waals surface area contributed by atoms with Gasteiger partial charge >= 0.3 is 0 Å². The maximum atomic E-state index is 6.30. The lowest BCUT2D eigenvalue weighted by Gasteiger charge is -2.16. The number of fused-ring (bicyclic) bond motifs is 1. The van der Waals surface area contributed by atoms with Gasteiger partial charge in [0, 0.05) is 46.7 Å². The minimum Gasteiger partial charge on any atom is -0.488 e. The van der Waals surface area contributed by atoms with Crippen molar-refractivity contribution in [3.05, 3.63) is 106 Å². The molecule has 0 aliphatic rings. The second kappa shape index (κ2) is 9.27.